The molecule has 8 nitrogen and oxygen atoms in total. The van der Waals surface area contributed by atoms with Crippen molar-refractivity contribution in [2.45, 2.75) is 29.5 Å². The number of carbonyl (C=O) groups excluding carboxylic acids is 1. The second kappa shape index (κ2) is 6.73. The molecule has 1 aliphatic heterocycles. The number of nitrogens with zero attached hydrogens (tertiary/aromatic N) is 3. The Kier molecular flexibility index (Phi) is 4.76. The molecule has 26 heavy (non-hydrogen) atoms. The maximum atomic E-state index is 13.0. The molecular weight excluding hydrogens is 382 g/mol. The molecule has 138 valence electrons. The number of aromatic nitrogens is 2. The minimum atomic E-state index is -3.91. The second-order valence-electron chi connectivity index (χ2n) is 5.99. The van der Waals surface area contributed by atoms with Gasteiger partial charge < -0.3 is 10.0 Å². The lowest BCUT2D eigenvalue weighted by Gasteiger charge is -2.19. The van der Waals surface area contributed by atoms with Crippen LogP contribution < -0.4 is 0 Å². The molecule has 1 N–H and O–H groups in total. The summed E-state index contributed by atoms with van der Waals surface area (Å²) in [5.74, 6) is -1.70. The fraction of sp³-hybridized carbons (Fsp3) is 0.312. The van der Waals surface area contributed by atoms with Gasteiger partial charge in [-0.3, -0.25) is 4.79 Å². The van der Waals surface area contributed by atoms with Gasteiger partial charge >= 0.3 is 5.97 Å². The fourth-order valence-electron chi connectivity index (χ4n) is 3.07. The first-order valence-corrected chi connectivity index (χ1v) is 9.67. The third-order valence-electron chi connectivity index (χ3n) is 4.38. The van der Waals surface area contributed by atoms with Crippen LogP contribution in [0.3, 0.4) is 0 Å². The number of sulfone groups is 1. The number of benzene rings is 1. The lowest BCUT2D eigenvalue weighted by molar-refractivity contribution is -0.147. The highest BCUT2D eigenvalue weighted by Crippen LogP contribution is 2.32. The van der Waals surface area contributed by atoms with Gasteiger partial charge in [0, 0.05) is 25.9 Å². The van der Waals surface area contributed by atoms with Gasteiger partial charge in [-0.25, -0.2) is 17.9 Å². The molecule has 3 rings (SSSR count). The van der Waals surface area contributed by atoms with Crippen LogP contribution in [0.1, 0.15) is 13.3 Å². The number of likely N-dealkylation sites (tertiary alicyclic amines) is 1. The van der Waals surface area contributed by atoms with E-state index in [2.05, 4.69) is 5.10 Å². The average Bonchev–Trinajstić information content (AvgIpc) is 3.24. The van der Waals surface area contributed by atoms with Gasteiger partial charge in [-0.05, 0) is 30.7 Å². The first kappa shape index (κ1) is 18.4. The molecule has 1 amide bonds. The van der Waals surface area contributed by atoms with Crippen LogP contribution in [0, 0.1) is 0 Å². The van der Waals surface area contributed by atoms with Crippen molar-refractivity contribution in [2.75, 3.05) is 6.54 Å². The van der Waals surface area contributed by atoms with E-state index in [0.717, 1.165) is 4.90 Å². The van der Waals surface area contributed by atoms with Crippen LogP contribution in [-0.2, 0) is 19.4 Å². The van der Waals surface area contributed by atoms with Gasteiger partial charge in [0.25, 0.3) is 0 Å². The standard InChI is InChI=1S/C16H16ClN3O5S/c1-10(21)19-9-12(8-14(19)16(22)23)26(24,25)15-4-3-11(7-13(15)17)20-6-2-5-18-20/h2-7,12,14H,8-9H2,1H3,(H,22,23)/t12-,14+/m1/s1. The number of hydrogen-bond acceptors (Lipinski definition) is 5. The number of halogens is 1. The number of carbonyl (C=O) groups is 2. The van der Waals surface area contributed by atoms with Crippen LogP contribution >= 0.6 is 11.6 Å². The van der Waals surface area contributed by atoms with E-state index in [0.29, 0.717) is 5.69 Å². The zero-order valence-electron chi connectivity index (χ0n) is 13.7. The molecule has 10 heteroatoms. The van der Waals surface area contributed by atoms with Gasteiger partial charge in [-0.1, -0.05) is 11.6 Å². The monoisotopic (exact) mass is 397 g/mol. The summed E-state index contributed by atoms with van der Waals surface area (Å²) in [5, 5.41) is 12.3. The normalized spacial score (nSPS) is 20.3. The third kappa shape index (κ3) is 3.19. The number of carboxylic acids is 1. The Bertz CT molecular complexity index is 936. The topological polar surface area (TPSA) is 110 Å². The van der Waals surface area contributed by atoms with Gasteiger partial charge in [0.2, 0.25) is 5.91 Å². The number of carboxylic acid groups (broad SMARTS) is 1. The third-order valence-corrected chi connectivity index (χ3v) is 6.99. The van der Waals surface area contributed by atoms with E-state index in [4.69, 9.17) is 11.6 Å². The SMILES string of the molecule is CC(=O)N1C[C@H](S(=O)(=O)c2ccc(-n3cccn3)cc2Cl)C[C@H]1C(=O)O. The summed E-state index contributed by atoms with van der Waals surface area (Å²) in [5.41, 5.74) is 0.596. The van der Waals surface area contributed by atoms with Gasteiger partial charge in [0.15, 0.2) is 9.84 Å². The van der Waals surface area contributed by atoms with Crippen LogP contribution in [0.15, 0.2) is 41.6 Å². The summed E-state index contributed by atoms with van der Waals surface area (Å²) in [4.78, 5) is 24.0. The molecule has 1 fully saturated rings. The van der Waals surface area contributed by atoms with Gasteiger partial charge in [0.1, 0.15) is 6.04 Å². The van der Waals surface area contributed by atoms with Crippen molar-refractivity contribution in [3.05, 3.63) is 41.7 Å². The van der Waals surface area contributed by atoms with E-state index < -0.39 is 33.0 Å². The molecule has 0 aliphatic carbocycles. The van der Waals surface area contributed by atoms with Crippen molar-refractivity contribution in [3.8, 4) is 5.69 Å². The van der Waals surface area contributed by atoms with E-state index in [1.807, 2.05) is 0 Å². The Hall–Kier alpha value is -2.39. The summed E-state index contributed by atoms with van der Waals surface area (Å²) < 4.78 is 27.4. The summed E-state index contributed by atoms with van der Waals surface area (Å²) in [6, 6.07) is 4.99. The van der Waals surface area contributed by atoms with Crippen LogP contribution in [0.5, 0.6) is 0 Å². The van der Waals surface area contributed by atoms with Crippen molar-refractivity contribution in [1.29, 1.82) is 0 Å². The van der Waals surface area contributed by atoms with Gasteiger partial charge in [-0.2, -0.15) is 5.10 Å². The highest BCUT2D eigenvalue weighted by molar-refractivity contribution is 7.92. The molecule has 0 unspecified atom stereocenters. The first-order chi connectivity index (χ1) is 12.2. The maximum Gasteiger partial charge on any atom is 0.326 e. The fourth-order valence-corrected chi connectivity index (χ4v) is 5.31. The Morgan fingerprint density at radius 1 is 1.35 bits per heavy atom. The molecular formula is C16H16ClN3O5S. The summed E-state index contributed by atoms with van der Waals surface area (Å²) >= 11 is 6.19. The number of aliphatic carboxylic acids is 1. The predicted molar refractivity (Wildman–Crippen MR) is 93.0 cm³/mol. The van der Waals surface area contributed by atoms with Crippen molar-refractivity contribution in [1.82, 2.24) is 14.7 Å². The predicted octanol–water partition coefficient (Wildman–Crippen LogP) is 1.37. The average molecular weight is 398 g/mol. The van der Waals surface area contributed by atoms with Crippen LogP contribution in [0.25, 0.3) is 5.69 Å². The Morgan fingerprint density at radius 3 is 2.58 bits per heavy atom. The van der Waals surface area contributed by atoms with Crippen LogP contribution in [0.4, 0.5) is 0 Å². The highest BCUT2D eigenvalue weighted by Gasteiger charge is 2.45. The van der Waals surface area contributed by atoms with Crippen molar-refractivity contribution < 1.29 is 23.1 Å². The number of rotatable bonds is 4. The minimum Gasteiger partial charge on any atom is -0.480 e. The minimum absolute atomic E-state index is 0.0196. The van der Waals surface area contributed by atoms with Crippen LogP contribution in [0.2, 0.25) is 5.02 Å². The molecule has 1 saturated heterocycles. The second-order valence-corrected chi connectivity index (χ2v) is 8.60. The summed E-state index contributed by atoms with van der Waals surface area (Å²) in [6.07, 6.45) is 3.10. The summed E-state index contributed by atoms with van der Waals surface area (Å²) in [7, 11) is -3.91. The van der Waals surface area contributed by atoms with E-state index in [1.165, 1.54) is 23.7 Å². The molecule has 1 aliphatic rings. The van der Waals surface area contributed by atoms with Crippen molar-refractivity contribution in [3.63, 3.8) is 0 Å². The van der Waals surface area contributed by atoms with Crippen molar-refractivity contribution in [2.24, 2.45) is 0 Å². The highest BCUT2D eigenvalue weighted by atomic mass is 35.5. The molecule has 0 spiro atoms. The summed E-state index contributed by atoms with van der Waals surface area (Å²) in [6.45, 7) is 1.04. The Labute approximate surface area is 154 Å². The lowest BCUT2D eigenvalue weighted by atomic mass is 10.2. The molecule has 2 heterocycles. The van der Waals surface area contributed by atoms with E-state index in [9.17, 15) is 23.1 Å². The largest absolute Gasteiger partial charge is 0.480 e. The first-order valence-electron chi connectivity index (χ1n) is 7.75. The zero-order chi connectivity index (χ0) is 19.1. The quantitative estimate of drug-likeness (QED) is 0.834. The molecule has 1 aromatic carbocycles. The van der Waals surface area contributed by atoms with E-state index >= 15 is 0 Å². The van der Waals surface area contributed by atoms with Crippen LogP contribution in [-0.4, -0.2) is 57.9 Å². The molecule has 2 aromatic rings. The van der Waals surface area contributed by atoms with E-state index in [1.54, 1.807) is 24.5 Å². The molecule has 0 saturated carbocycles. The molecule has 2 atom stereocenters. The molecule has 0 bridgehead atoms. The lowest BCUT2D eigenvalue weighted by Crippen LogP contribution is -2.39. The molecule has 0 radical (unpaired) electrons. The number of amides is 1. The zero-order valence-corrected chi connectivity index (χ0v) is 15.3. The maximum absolute atomic E-state index is 13.0. The van der Waals surface area contributed by atoms with E-state index in [-0.39, 0.29) is 22.9 Å². The Balaban J connectivity index is 1.93. The molecule has 1 aromatic heterocycles. The number of hydrogen-bond donors (Lipinski definition) is 1. The van der Waals surface area contributed by atoms with Crippen molar-refractivity contribution >= 4 is 33.3 Å². The Morgan fingerprint density at radius 2 is 2.08 bits per heavy atom. The van der Waals surface area contributed by atoms with Gasteiger partial charge in [-0.15, -0.1) is 0 Å². The van der Waals surface area contributed by atoms with Gasteiger partial charge in [0.05, 0.1) is 20.9 Å². The smallest absolute Gasteiger partial charge is 0.326 e.